The molecular formula is C14H24N2O2S. The van der Waals surface area contributed by atoms with Crippen LogP contribution in [0.3, 0.4) is 0 Å². The second kappa shape index (κ2) is 6.91. The topological polar surface area (TPSA) is 72.2 Å². The van der Waals surface area contributed by atoms with Crippen LogP contribution in [0.4, 0.5) is 5.69 Å². The van der Waals surface area contributed by atoms with Crippen LogP contribution in [-0.2, 0) is 10.0 Å². The summed E-state index contributed by atoms with van der Waals surface area (Å²) in [5.74, 6) is 0. The summed E-state index contributed by atoms with van der Waals surface area (Å²) >= 11 is 0. The molecule has 0 spiro atoms. The summed E-state index contributed by atoms with van der Waals surface area (Å²) in [5, 5.41) is 8.62. The number of hydrogen-bond donors (Lipinski definition) is 2. The van der Waals surface area contributed by atoms with E-state index < -0.39 is 10.0 Å². The van der Waals surface area contributed by atoms with Gasteiger partial charge in [-0.2, -0.15) is 0 Å². The molecule has 1 rings (SSSR count). The Labute approximate surface area is 116 Å². The second-order valence-electron chi connectivity index (χ2n) is 4.94. The molecule has 0 amide bonds. The van der Waals surface area contributed by atoms with E-state index in [1.165, 1.54) is 0 Å². The number of nitrogens with one attached hydrogen (secondary N) is 1. The number of hydrogen-bond acceptors (Lipinski definition) is 3. The van der Waals surface area contributed by atoms with Gasteiger partial charge in [0.25, 0.3) is 0 Å². The van der Waals surface area contributed by atoms with Crippen molar-refractivity contribution in [1.82, 2.24) is 0 Å². The van der Waals surface area contributed by atoms with E-state index in [-0.39, 0.29) is 4.90 Å². The van der Waals surface area contributed by atoms with E-state index in [0.717, 1.165) is 31.4 Å². The van der Waals surface area contributed by atoms with Crippen molar-refractivity contribution in [3.05, 3.63) is 23.8 Å². The number of benzene rings is 1. The zero-order valence-electron chi connectivity index (χ0n) is 11.9. The van der Waals surface area contributed by atoms with Crippen molar-refractivity contribution in [2.45, 2.75) is 57.4 Å². The third-order valence-corrected chi connectivity index (χ3v) is 4.19. The highest BCUT2D eigenvalue weighted by atomic mass is 32.2. The zero-order valence-corrected chi connectivity index (χ0v) is 12.8. The lowest BCUT2D eigenvalue weighted by atomic mass is 10.1. The minimum Gasteiger partial charge on any atom is -0.382 e. The average Bonchev–Trinajstić information content (AvgIpc) is 2.31. The molecule has 108 valence electrons. The number of rotatable bonds is 7. The van der Waals surface area contributed by atoms with Crippen LogP contribution >= 0.6 is 0 Å². The lowest BCUT2D eigenvalue weighted by Gasteiger charge is -2.19. The quantitative estimate of drug-likeness (QED) is 0.808. The van der Waals surface area contributed by atoms with Crippen LogP contribution in [0.25, 0.3) is 0 Å². The molecule has 0 aliphatic heterocycles. The lowest BCUT2D eigenvalue weighted by molar-refractivity contribution is 0.585. The van der Waals surface area contributed by atoms with Crippen molar-refractivity contribution in [1.29, 1.82) is 0 Å². The lowest BCUT2D eigenvalue weighted by Crippen LogP contribution is -2.20. The Morgan fingerprint density at radius 3 is 2.26 bits per heavy atom. The first-order valence-corrected chi connectivity index (χ1v) is 8.33. The van der Waals surface area contributed by atoms with E-state index in [1.807, 2.05) is 6.07 Å². The molecular weight excluding hydrogens is 260 g/mol. The Morgan fingerprint density at radius 2 is 1.79 bits per heavy atom. The molecule has 0 aromatic heterocycles. The van der Waals surface area contributed by atoms with Crippen LogP contribution in [0.5, 0.6) is 0 Å². The zero-order chi connectivity index (χ0) is 14.5. The third-order valence-electron chi connectivity index (χ3n) is 3.14. The van der Waals surface area contributed by atoms with Gasteiger partial charge in [0.15, 0.2) is 0 Å². The van der Waals surface area contributed by atoms with Gasteiger partial charge in [-0.05, 0) is 37.5 Å². The number of anilines is 1. The van der Waals surface area contributed by atoms with E-state index >= 15 is 0 Å². The molecule has 1 aromatic carbocycles. The fourth-order valence-corrected chi connectivity index (χ4v) is 3.03. The van der Waals surface area contributed by atoms with Crippen molar-refractivity contribution < 1.29 is 8.42 Å². The smallest absolute Gasteiger partial charge is 0.238 e. The molecule has 0 radical (unpaired) electrons. The SMILES string of the molecule is CCCC(CCC)Nc1ccc(C)c(S(N)(=O)=O)c1. The van der Waals surface area contributed by atoms with E-state index in [1.54, 1.807) is 19.1 Å². The molecule has 0 saturated carbocycles. The second-order valence-corrected chi connectivity index (χ2v) is 6.47. The predicted molar refractivity (Wildman–Crippen MR) is 79.8 cm³/mol. The first kappa shape index (κ1) is 16.0. The number of sulfonamides is 1. The molecule has 19 heavy (non-hydrogen) atoms. The molecule has 0 bridgehead atoms. The molecule has 4 nitrogen and oxygen atoms in total. The Bertz CT molecular complexity index is 506. The van der Waals surface area contributed by atoms with Gasteiger partial charge in [-0.3, -0.25) is 0 Å². The van der Waals surface area contributed by atoms with Gasteiger partial charge in [0.05, 0.1) is 4.90 Å². The van der Waals surface area contributed by atoms with Gasteiger partial charge in [-0.1, -0.05) is 32.8 Å². The summed E-state index contributed by atoms with van der Waals surface area (Å²) in [4.78, 5) is 0.198. The molecule has 0 unspecified atom stereocenters. The van der Waals surface area contributed by atoms with Crippen LogP contribution in [0.2, 0.25) is 0 Å². The van der Waals surface area contributed by atoms with Crippen molar-refractivity contribution in [2.75, 3.05) is 5.32 Å². The van der Waals surface area contributed by atoms with Crippen molar-refractivity contribution in [3.63, 3.8) is 0 Å². The highest BCUT2D eigenvalue weighted by Gasteiger charge is 2.13. The molecule has 5 heteroatoms. The van der Waals surface area contributed by atoms with Crippen molar-refractivity contribution in [2.24, 2.45) is 5.14 Å². The Kier molecular flexibility index (Phi) is 5.82. The van der Waals surface area contributed by atoms with E-state index in [4.69, 9.17) is 5.14 Å². The molecule has 0 aliphatic carbocycles. The number of primary sulfonamides is 1. The summed E-state index contributed by atoms with van der Waals surface area (Å²) in [6.45, 7) is 6.05. The van der Waals surface area contributed by atoms with Gasteiger partial charge in [-0.25, -0.2) is 13.6 Å². The molecule has 0 aliphatic rings. The van der Waals surface area contributed by atoms with E-state index in [9.17, 15) is 8.42 Å². The van der Waals surface area contributed by atoms with Gasteiger partial charge in [-0.15, -0.1) is 0 Å². The molecule has 0 saturated heterocycles. The maximum atomic E-state index is 11.5. The number of aryl methyl sites for hydroxylation is 1. The molecule has 0 heterocycles. The largest absolute Gasteiger partial charge is 0.382 e. The normalized spacial score (nSPS) is 11.8. The van der Waals surface area contributed by atoms with E-state index in [0.29, 0.717) is 11.6 Å². The molecule has 0 atom stereocenters. The van der Waals surface area contributed by atoms with Crippen molar-refractivity contribution >= 4 is 15.7 Å². The first-order valence-electron chi connectivity index (χ1n) is 6.78. The average molecular weight is 284 g/mol. The van der Waals surface area contributed by atoms with Crippen LogP contribution < -0.4 is 10.5 Å². The fraction of sp³-hybridized carbons (Fsp3) is 0.571. The van der Waals surface area contributed by atoms with Crippen LogP contribution in [0.15, 0.2) is 23.1 Å². The van der Waals surface area contributed by atoms with Crippen LogP contribution in [-0.4, -0.2) is 14.5 Å². The third kappa shape index (κ3) is 4.84. The van der Waals surface area contributed by atoms with Gasteiger partial charge >= 0.3 is 0 Å². The highest BCUT2D eigenvalue weighted by molar-refractivity contribution is 7.89. The first-order chi connectivity index (χ1) is 8.88. The Balaban J connectivity index is 2.96. The number of nitrogens with two attached hydrogens (primary N) is 1. The van der Waals surface area contributed by atoms with E-state index in [2.05, 4.69) is 19.2 Å². The minimum absolute atomic E-state index is 0.198. The summed E-state index contributed by atoms with van der Waals surface area (Å²) in [6.07, 6.45) is 4.36. The standard InChI is InChI=1S/C14H24N2O2S/c1-4-6-12(7-5-2)16-13-9-8-11(3)14(10-13)19(15,17)18/h8-10,12,16H,4-7H2,1-3H3,(H2,15,17,18). The Hall–Kier alpha value is -1.07. The molecule has 1 aromatic rings. The molecule has 3 N–H and O–H groups in total. The summed E-state index contributed by atoms with van der Waals surface area (Å²) in [5.41, 5.74) is 1.50. The minimum atomic E-state index is -3.66. The van der Waals surface area contributed by atoms with Crippen molar-refractivity contribution in [3.8, 4) is 0 Å². The summed E-state index contributed by atoms with van der Waals surface area (Å²) < 4.78 is 23.0. The van der Waals surface area contributed by atoms with Gasteiger partial charge in [0.1, 0.15) is 0 Å². The van der Waals surface area contributed by atoms with Gasteiger partial charge in [0, 0.05) is 11.7 Å². The summed E-state index contributed by atoms with van der Waals surface area (Å²) in [7, 11) is -3.66. The van der Waals surface area contributed by atoms with Gasteiger partial charge < -0.3 is 5.32 Å². The summed E-state index contributed by atoms with van der Waals surface area (Å²) in [6, 6.07) is 5.70. The maximum absolute atomic E-state index is 11.5. The Morgan fingerprint density at radius 1 is 1.21 bits per heavy atom. The van der Waals surface area contributed by atoms with Crippen LogP contribution in [0.1, 0.15) is 45.1 Å². The highest BCUT2D eigenvalue weighted by Crippen LogP contribution is 2.21. The monoisotopic (exact) mass is 284 g/mol. The van der Waals surface area contributed by atoms with Crippen LogP contribution in [0, 0.1) is 6.92 Å². The van der Waals surface area contributed by atoms with Gasteiger partial charge in [0.2, 0.25) is 10.0 Å². The predicted octanol–water partition coefficient (Wildman–Crippen LogP) is 3.02. The fourth-order valence-electron chi connectivity index (χ4n) is 2.22. The molecule has 0 fully saturated rings. The maximum Gasteiger partial charge on any atom is 0.238 e.